The van der Waals surface area contributed by atoms with Gasteiger partial charge in [-0.1, -0.05) is 30.3 Å². The van der Waals surface area contributed by atoms with Crippen LogP contribution in [0.15, 0.2) is 47.4 Å². The molecule has 0 saturated heterocycles. The lowest BCUT2D eigenvalue weighted by Crippen LogP contribution is -2.58. The normalized spacial score (nSPS) is 27.7. The second-order valence-electron chi connectivity index (χ2n) is 7.08. The number of nitrogens with zero attached hydrogens (tertiary/aromatic N) is 2. The van der Waals surface area contributed by atoms with Crippen LogP contribution < -0.4 is 10.2 Å². The molecular formula is C20H22N2O4. The summed E-state index contributed by atoms with van der Waals surface area (Å²) >= 11 is 0. The minimum Gasteiger partial charge on any atom is -0.491 e. The summed E-state index contributed by atoms with van der Waals surface area (Å²) in [5, 5.41) is 11.7. The lowest BCUT2D eigenvalue weighted by Gasteiger charge is -2.52. The molecule has 1 amide bonds. The lowest BCUT2D eigenvalue weighted by molar-refractivity contribution is -0.0836. The smallest absolute Gasteiger partial charge is 0.274 e. The van der Waals surface area contributed by atoms with Gasteiger partial charge in [0.2, 0.25) is 5.43 Å². The van der Waals surface area contributed by atoms with Crippen LogP contribution in [0.4, 0.5) is 0 Å². The number of rotatable bonds is 2. The maximum Gasteiger partial charge on any atom is 0.274 e. The quantitative estimate of drug-likeness (QED) is 0.894. The van der Waals surface area contributed by atoms with Gasteiger partial charge in [-0.05, 0) is 24.8 Å². The van der Waals surface area contributed by atoms with Gasteiger partial charge in [-0.2, -0.15) is 0 Å². The van der Waals surface area contributed by atoms with Crippen molar-refractivity contribution in [2.75, 3.05) is 14.2 Å². The molecule has 0 spiro atoms. The molecule has 1 aromatic carbocycles. The largest absolute Gasteiger partial charge is 0.491 e. The Bertz CT molecular complexity index is 908. The Balaban J connectivity index is 1.98. The molecule has 4 rings (SSSR count). The molecule has 2 aliphatic rings. The number of aliphatic hydroxyl groups is 1. The summed E-state index contributed by atoms with van der Waals surface area (Å²) in [6.45, 7) is 0. The predicted octanol–water partition coefficient (Wildman–Crippen LogP) is 1.92. The number of benzene rings is 1. The van der Waals surface area contributed by atoms with Crippen molar-refractivity contribution < 1.29 is 14.6 Å². The number of carbonyl (C=O) groups is 1. The Hall–Kier alpha value is -2.60. The monoisotopic (exact) mass is 354 g/mol. The Labute approximate surface area is 151 Å². The molecule has 1 saturated carbocycles. The van der Waals surface area contributed by atoms with Crippen molar-refractivity contribution in [3.8, 4) is 5.75 Å². The van der Waals surface area contributed by atoms with E-state index in [1.165, 1.54) is 13.2 Å². The van der Waals surface area contributed by atoms with Crippen LogP contribution in [0.25, 0.3) is 0 Å². The number of amides is 1. The lowest BCUT2D eigenvalue weighted by atomic mass is 9.71. The zero-order valence-electron chi connectivity index (χ0n) is 14.9. The summed E-state index contributed by atoms with van der Waals surface area (Å²) in [6, 6.07) is 10.4. The SMILES string of the molecule is COc1c2n(ccc1=O)C1C(CCCC1(O)c1ccccc1)N(C)C2=O. The van der Waals surface area contributed by atoms with Crippen LogP contribution in [-0.4, -0.2) is 40.7 Å². The van der Waals surface area contributed by atoms with Crippen molar-refractivity contribution in [3.05, 3.63) is 64.1 Å². The second kappa shape index (κ2) is 5.99. The molecule has 2 aromatic rings. The number of carbonyl (C=O) groups excluding carboxylic acids is 1. The van der Waals surface area contributed by atoms with E-state index in [0.29, 0.717) is 6.42 Å². The van der Waals surface area contributed by atoms with E-state index in [1.807, 2.05) is 30.3 Å². The van der Waals surface area contributed by atoms with Crippen LogP contribution in [0.5, 0.6) is 5.75 Å². The minimum atomic E-state index is -1.13. The van der Waals surface area contributed by atoms with Crippen molar-refractivity contribution in [2.24, 2.45) is 0 Å². The number of hydrogen-bond acceptors (Lipinski definition) is 4. The van der Waals surface area contributed by atoms with E-state index >= 15 is 0 Å². The molecule has 26 heavy (non-hydrogen) atoms. The zero-order valence-corrected chi connectivity index (χ0v) is 14.9. The first-order chi connectivity index (χ1) is 12.5. The Morgan fingerprint density at radius 1 is 1.19 bits per heavy atom. The van der Waals surface area contributed by atoms with Crippen LogP contribution in [-0.2, 0) is 5.60 Å². The highest BCUT2D eigenvalue weighted by Crippen LogP contribution is 2.49. The number of ether oxygens (including phenoxy) is 1. The number of aromatic nitrogens is 1. The first-order valence-electron chi connectivity index (χ1n) is 8.83. The van der Waals surface area contributed by atoms with E-state index < -0.39 is 5.60 Å². The highest BCUT2D eigenvalue weighted by atomic mass is 16.5. The van der Waals surface area contributed by atoms with E-state index in [-0.39, 0.29) is 34.9 Å². The second-order valence-corrected chi connectivity index (χ2v) is 7.08. The Kier molecular flexibility index (Phi) is 3.88. The summed E-state index contributed by atoms with van der Waals surface area (Å²) in [7, 11) is 3.12. The molecule has 6 nitrogen and oxygen atoms in total. The van der Waals surface area contributed by atoms with Gasteiger partial charge in [-0.15, -0.1) is 0 Å². The third-order valence-electron chi connectivity index (χ3n) is 5.79. The molecule has 1 N–H and O–H groups in total. The zero-order chi connectivity index (χ0) is 18.5. The first kappa shape index (κ1) is 16.8. The minimum absolute atomic E-state index is 0.0313. The third-order valence-corrected chi connectivity index (χ3v) is 5.79. The van der Waals surface area contributed by atoms with E-state index in [0.717, 1.165) is 18.4 Å². The summed E-state index contributed by atoms with van der Waals surface area (Å²) in [4.78, 5) is 26.8. The predicted molar refractivity (Wildman–Crippen MR) is 96.4 cm³/mol. The molecule has 3 unspecified atom stereocenters. The summed E-state index contributed by atoms with van der Waals surface area (Å²) in [5.41, 5.74) is -0.437. The summed E-state index contributed by atoms with van der Waals surface area (Å²) in [6.07, 6.45) is 3.82. The molecule has 0 bridgehead atoms. The van der Waals surface area contributed by atoms with E-state index in [1.54, 1.807) is 22.7 Å². The van der Waals surface area contributed by atoms with Crippen LogP contribution in [0, 0.1) is 0 Å². The van der Waals surface area contributed by atoms with E-state index in [2.05, 4.69) is 0 Å². The fourth-order valence-corrected chi connectivity index (χ4v) is 4.55. The standard InChI is InChI=1S/C20H22N2O4/c1-21-14-9-6-11-20(25,13-7-4-3-5-8-13)18(14)22-12-10-15(23)17(26-2)16(22)19(21)24/h3-5,7-8,10,12,14,18,25H,6,9,11H2,1-2H3. The molecule has 1 aliphatic heterocycles. The molecule has 3 atom stereocenters. The van der Waals surface area contributed by atoms with Gasteiger partial charge in [-0.25, -0.2) is 0 Å². The number of likely N-dealkylation sites (N-methyl/N-ethyl adjacent to an activating group) is 1. The van der Waals surface area contributed by atoms with Gasteiger partial charge in [0.25, 0.3) is 5.91 Å². The van der Waals surface area contributed by atoms with Crippen LogP contribution >= 0.6 is 0 Å². The maximum atomic E-state index is 13.0. The van der Waals surface area contributed by atoms with Crippen molar-refractivity contribution in [1.29, 1.82) is 0 Å². The van der Waals surface area contributed by atoms with Gasteiger partial charge < -0.3 is 19.3 Å². The van der Waals surface area contributed by atoms with Crippen molar-refractivity contribution in [2.45, 2.75) is 36.9 Å². The molecule has 2 heterocycles. The van der Waals surface area contributed by atoms with Gasteiger partial charge in [0.1, 0.15) is 5.60 Å². The van der Waals surface area contributed by atoms with Crippen LogP contribution in [0.2, 0.25) is 0 Å². The number of methoxy groups -OCH3 is 1. The molecular weight excluding hydrogens is 332 g/mol. The molecule has 136 valence electrons. The van der Waals surface area contributed by atoms with Crippen molar-refractivity contribution in [1.82, 2.24) is 9.47 Å². The van der Waals surface area contributed by atoms with Gasteiger partial charge in [0.15, 0.2) is 11.4 Å². The van der Waals surface area contributed by atoms with Crippen molar-refractivity contribution in [3.63, 3.8) is 0 Å². The summed E-state index contributed by atoms with van der Waals surface area (Å²) in [5.74, 6) is -0.220. The third kappa shape index (κ3) is 2.22. The van der Waals surface area contributed by atoms with Gasteiger partial charge in [0.05, 0.1) is 19.2 Å². The molecule has 0 radical (unpaired) electrons. The fourth-order valence-electron chi connectivity index (χ4n) is 4.55. The number of fused-ring (bicyclic) bond motifs is 3. The number of pyridine rings is 1. The van der Waals surface area contributed by atoms with Gasteiger partial charge >= 0.3 is 0 Å². The molecule has 1 aromatic heterocycles. The molecule has 6 heteroatoms. The first-order valence-corrected chi connectivity index (χ1v) is 8.83. The van der Waals surface area contributed by atoms with Gasteiger partial charge in [0, 0.05) is 19.3 Å². The average Bonchev–Trinajstić information content (AvgIpc) is 2.66. The van der Waals surface area contributed by atoms with Crippen molar-refractivity contribution >= 4 is 5.91 Å². The average molecular weight is 354 g/mol. The highest BCUT2D eigenvalue weighted by molar-refractivity contribution is 5.96. The molecule has 1 fully saturated rings. The highest BCUT2D eigenvalue weighted by Gasteiger charge is 2.52. The summed E-state index contributed by atoms with van der Waals surface area (Å²) < 4.78 is 7.00. The molecule has 1 aliphatic carbocycles. The van der Waals surface area contributed by atoms with Gasteiger partial charge in [-0.3, -0.25) is 9.59 Å². The Morgan fingerprint density at radius 3 is 2.62 bits per heavy atom. The topological polar surface area (TPSA) is 71.8 Å². The van der Waals surface area contributed by atoms with Crippen LogP contribution in [0.3, 0.4) is 0 Å². The van der Waals surface area contributed by atoms with Crippen LogP contribution in [0.1, 0.15) is 41.4 Å². The maximum absolute atomic E-state index is 13.0. The van der Waals surface area contributed by atoms with E-state index in [9.17, 15) is 14.7 Å². The fraction of sp³-hybridized carbons (Fsp3) is 0.400. The Morgan fingerprint density at radius 2 is 1.92 bits per heavy atom. The number of hydrogen-bond donors (Lipinski definition) is 1. The van der Waals surface area contributed by atoms with E-state index in [4.69, 9.17) is 4.74 Å².